The maximum Gasteiger partial charge on any atom is 0.275 e. The van der Waals surface area contributed by atoms with Crippen LogP contribution in [0.5, 0.6) is 5.75 Å². The number of likely N-dealkylation sites (tertiary alicyclic amines) is 1. The van der Waals surface area contributed by atoms with Crippen LogP contribution in [0.25, 0.3) is 10.9 Å². The Hall–Kier alpha value is -3.02. The average molecular weight is 768 g/mol. The Bertz CT molecular complexity index is 1670. The second-order valence-corrected chi connectivity index (χ2v) is 14.2. The van der Waals surface area contributed by atoms with Crippen molar-refractivity contribution in [3.8, 4) is 5.75 Å². The maximum absolute atomic E-state index is 12.3. The fourth-order valence-corrected chi connectivity index (χ4v) is 7.23. The highest BCUT2D eigenvalue weighted by molar-refractivity contribution is 14.2. The number of rotatable bonds is 13. The molecule has 1 atom stereocenters. The summed E-state index contributed by atoms with van der Waals surface area (Å²) < 4.78 is 13.4. The Morgan fingerprint density at radius 3 is 2.57 bits per heavy atom. The molecule has 6 rings (SSSR count). The van der Waals surface area contributed by atoms with E-state index in [0.717, 1.165) is 85.8 Å². The summed E-state index contributed by atoms with van der Waals surface area (Å²) in [5, 5.41) is 1.08. The number of piperazine rings is 1. The third kappa shape index (κ3) is 8.91. The zero-order valence-electron chi connectivity index (χ0n) is 26.9. The van der Waals surface area contributed by atoms with E-state index in [1.54, 1.807) is 0 Å². The van der Waals surface area contributed by atoms with Gasteiger partial charge in [0.05, 0.1) is 6.54 Å². The number of aryl methyl sites for hydroxylation is 1. The van der Waals surface area contributed by atoms with E-state index < -0.39 is 0 Å². The molecule has 1 amide bonds. The fraction of sp³-hybridized carbons (Fsp3) is 0.389. The van der Waals surface area contributed by atoms with Crippen molar-refractivity contribution >= 4 is 57.3 Å². The highest BCUT2D eigenvalue weighted by Gasteiger charge is 2.24. The Kier molecular flexibility index (Phi) is 11.8. The molecule has 0 aliphatic carbocycles. The van der Waals surface area contributed by atoms with E-state index >= 15 is 0 Å². The van der Waals surface area contributed by atoms with Gasteiger partial charge in [0.1, 0.15) is 25.1 Å². The van der Waals surface area contributed by atoms with E-state index in [2.05, 4.69) is 83.2 Å². The second-order valence-electron chi connectivity index (χ2n) is 12.6. The predicted octanol–water partition coefficient (Wildman–Crippen LogP) is 6.48. The first-order valence-electron chi connectivity index (χ1n) is 16.4. The monoisotopic (exact) mass is 767 g/mol. The van der Waals surface area contributed by atoms with Crippen LogP contribution in [0, 0.1) is 12.8 Å². The molecule has 2 saturated heterocycles. The topological polar surface area (TPSA) is 79.3 Å². The van der Waals surface area contributed by atoms with Crippen molar-refractivity contribution in [3.05, 3.63) is 95.2 Å². The van der Waals surface area contributed by atoms with E-state index in [4.69, 9.17) is 9.36 Å². The molecule has 0 bridgehead atoms. The molecule has 2 fully saturated rings. The fourth-order valence-electron chi connectivity index (χ4n) is 6.77. The van der Waals surface area contributed by atoms with Crippen molar-refractivity contribution in [1.82, 2.24) is 19.8 Å². The molecule has 47 heavy (non-hydrogen) atoms. The van der Waals surface area contributed by atoms with Gasteiger partial charge < -0.3 is 14.2 Å². The zero-order valence-corrected chi connectivity index (χ0v) is 30.0. The van der Waals surface area contributed by atoms with Crippen molar-refractivity contribution in [3.63, 3.8) is 0 Å². The molecule has 1 unspecified atom stereocenters. The highest BCUT2D eigenvalue weighted by Crippen LogP contribution is 2.25. The molecule has 0 radical (unpaired) electrons. The first-order chi connectivity index (χ1) is 23.0. The zero-order chi connectivity index (χ0) is 32.6. The molecule has 11 heteroatoms. The van der Waals surface area contributed by atoms with Crippen molar-refractivity contribution in [2.45, 2.75) is 32.9 Å². The Labute approximate surface area is 291 Å². The number of nitrogens with zero attached hydrogens (tertiary/aromatic N) is 4. The number of hydroxylamine groups is 1. The number of hydrogen-bond acceptors (Lipinski definition) is 7. The van der Waals surface area contributed by atoms with E-state index in [-0.39, 0.29) is 12.4 Å². The molecular weight excluding hydrogens is 724 g/mol. The van der Waals surface area contributed by atoms with Gasteiger partial charge in [-0.1, -0.05) is 18.2 Å². The standard InChI is InChI=1S/C36H43IN5O4P/c1-27-21-33(8-7-32(27)26-43)41-17-15-40(16-18-41)24-28-9-12-39(13-10-28)25-29-3-2-4-34(22-29)45-20-19-42-14-11-30-5-6-31(23-35(30)42)36(44)38-46-47-37/h2-8,11,14,21-23,26,28,47H,9-10,12-13,15-20,24-25H2,1H3,(H,38,44). The predicted molar refractivity (Wildman–Crippen MR) is 198 cm³/mol. The van der Waals surface area contributed by atoms with Gasteiger partial charge in [-0.25, -0.2) is 10.1 Å². The normalized spacial score (nSPS) is 16.7. The van der Waals surface area contributed by atoms with Gasteiger partial charge in [-0.2, -0.15) is 0 Å². The summed E-state index contributed by atoms with van der Waals surface area (Å²) in [6.45, 7) is 12.0. The molecule has 1 N–H and O–H groups in total. The quantitative estimate of drug-likeness (QED) is 0.0723. The summed E-state index contributed by atoms with van der Waals surface area (Å²) in [4.78, 5) is 31.2. The number of amides is 1. The van der Waals surface area contributed by atoms with E-state index in [9.17, 15) is 9.59 Å². The number of nitrogens with one attached hydrogen (secondary N) is 1. The molecule has 3 aromatic carbocycles. The van der Waals surface area contributed by atoms with Crippen LogP contribution in [0.3, 0.4) is 0 Å². The number of aldehydes is 1. The van der Waals surface area contributed by atoms with Crippen LogP contribution >= 0.6 is 28.5 Å². The summed E-state index contributed by atoms with van der Waals surface area (Å²) in [6.07, 6.45) is 5.45. The largest absolute Gasteiger partial charge is 0.492 e. The first kappa shape index (κ1) is 33.9. The van der Waals surface area contributed by atoms with Gasteiger partial charge in [0, 0.05) is 67.8 Å². The smallest absolute Gasteiger partial charge is 0.275 e. The summed E-state index contributed by atoms with van der Waals surface area (Å²) in [6, 6.07) is 22.4. The molecule has 2 aliphatic heterocycles. The van der Waals surface area contributed by atoms with Crippen LogP contribution in [0.15, 0.2) is 72.9 Å². The van der Waals surface area contributed by atoms with Crippen LogP contribution < -0.4 is 15.1 Å². The molecule has 3 heterocycles. The number of halogens is 1. The van der Waals surface area contributed by atoms with Crippen molar-refractivity contribution in [1.29, 1.82) is 0 Å². The number of fused-ring (bicyclic) bond motifs is 1. The SMILES string of the molecule is Cc1cc(N2CCN(CC3CCN(Cc4cccc(OCCn5ccc6ccc(C(=O)NOPI)cc65)c4)CC3)CC2)ccc1C=O. The van der Waals surface area contributed by atoms with Crippen molar-refractivity contribution in [2.24, 2.45) is 5.92 Å². The number of anilines is 1. The number of carbonyl (C=O) groups is 2. The van der Waals surface area contributed by atoms with Crippen molar-refractivity contribution in [2.75, 3.05) is 57.3 Å². The van der Waals surface area contributed by atoms with Gasteiger partial charge in [0.2, 0.25) is 0 Å². The Morgan fingerprint density at radius 1 is 0.979 bits per heavy atom. The van der Waals surface area contributed by atoms with Gasteiger partial charge in [-0.05, 0) is 126 Å². The number of hydrogen-bond donors (Lipinski definition) is 1. The number of piperidine rings is 1. The average Bonchev–Trinajstić information content (AvgIpc) is 3.50. The molecular formula is C36H43IN5O4P. The van der Waals surface area contributed by atoms with Gasteiger partial charge >= 0.3 is 0 Å². The van der Waals surface area contributed by atoms with Crippen LogP contribution in [0.2, 0.25) is 0 Å². The van der Waals surface area contributed by atoms with Gasteiger partial charge in [-0.3, -0.25) is 19.4 Å². The summed E-state index contributed by atoms with van der Waals surface area (Å²) in [5.41, 5.74) is 8.37. The number of aromatic nitrogens is 1. The lowest BCUT2D eigenvalue weighted by Gasteiger charge is -2.39. The molecule has 1 aromatic heterocycles. The third-order valence-corrected chi connectivity index (χ3v) is 10.3. The molecule has 0 spiro atoms. The number of ether oxygens (including phenoxy) is 1. The minimum atomic E-state index is -0.245. The Balaban J connectivity index is 0.925. The second kappa shape index (κ2) is 16.4. The minimum Gasteiger partial charge on any atom is -0.492 e. The van der Waals surface area contributed by atoms with Crippen molar-refractivity contribution < 1.29 is 19.0 Å². The summed E-state index contributed by atoms with van der Waals surface area (Å²) in [7, 11) is 0. The summed E-state index contributed by atoms with van der Waals surface area (Å²) in [5.74, 6) is 1.40. The van der Waals surface area contributed by atoms with E-state index in [1.165, 1.54) is 30.6 Å². The molecule has 0 saturated carbocycles. The first-order valence-corrected chi connectivity index (χ1v) is 20.4. The lowest BCUT2D eigenvalue weighted by Crippen LogP contribution is -2.48. The number of carbonyl (C=O) groups excluding carboxylic acids is 2. The molecule has 2 aliphatic rings. The van der Waals surface area contributed by atoms with Gasteiger partial charge in [0.15, 0.2) is 0 Å². The van der Waals surface area contributed by atoms with Gasteiger partial charge in [-0.15, -0.1) is 0 Å². The Morgan fingerprint density at radius 2 is 1.81 bits per heavy atom. The minimum absolute atomic E-state index is 0.165. The van der Waals surface area contributed by atoms with Crippen LogP contribution in [0.4, 0.5) is 5.69 Å². The van der Waals surface area contributed by atoms with Gasteiger partial charge in [0.25, 0.3) is 5.91 Å². The highest BCUT2D eigenvalue weighted by atomic mass is 127. The van der Waals surface area contributed by atoms with E-state index in [1.807, 2.05) is 43.5 Å². The molecule has 4 aromatic rings. The molecule has 9 nitrogen and oxygen atoms in total. The van der Waals surface area contributed by atoms with Crippen LogP contribution in [0.1, 0.15) is 44.7 Å². The lowest BCUT2D eigenvalue weighted by molar-refractivity contribution is 0.0794. The number of benzene rings is 3. The third-order valence-electron chi connectivity index (χ3n) is 9.47. The lowest BCUT2D eigenvalue weighted by atomic mass is 9.95. The summed E-state index contributed by atoms with van der Waals surface area (Å²) >= 11 is 2.07. The molecule has 248 valence electrons. The van der Waals surface area contributed by atoms with Crippen LogP contribution in [-0.2, 0) is 17.7 Å². The van der Waals surface area contributed by atoms with E-state index in [0.29, 0.717) is 18.7 Å². The maximum atomic E-state index is 12.3. The van der Waals surface area contributed by atoms with Crippen LogP contribution in [-0.4, -0.2) is 79.0 Å².